The average molecular weight is 498 g/mol. The van der Waals surface area contributed by atoms with Crippen molar-refractivity contribution in [2.75, 3.05) is 30.5 Å². The van der Waals surface area contributed by atoms with E-state index in [0.29, 0.717) is 11.3 Å². The number of nitrogens with one attached hydrogen (secondary N) is 1. The summed E-state index contributed by atoms with van der Waals surface area (Å²) in [5, 5.41) is 3.46. The van der Waals surface area contributed by atoms with Crippen LogP contribution >= 0.6 is 0 Å². The predicted octanol–water partition coefficient (Wildman–Crippen LogP) is 3.97. The maximum Gasteiger partial charge on any atom is 0.331 e. The molecule has 37 heavy (non-hydrogen) atoms. The summed E-state index contributed by atoms with van der Waals surface area (Å²) in [5.41, 5.74) is 2.45. The quantitative estimate of drug-likeness (QED) is 0.410. The lowest BCUT2D eigenvalue weighted by Gasteiger charge is -2.33. The Bertz CT molecular complexity index is 1320. The molecule has 0 radical (unpaired) electrons. The molecule has 4 atom stereocenters. The van der Waals surface area contributed by atoms with Gasteiger partial charge in [-0.2, -0.15) is 0 Å². The summed E-state index contributed by atoms with van der Waals surface area (Å²) in [4.78, 5) is 45.2. The van der Waals surface area contributed by atoms with E-state index in [1.54, 1.807) is 19.1 Å². The van der Waals surface area contributed by atoms with Gasteiger partial charge in [0.1, 0.15) is 0 Å². The Morgan fingerprint density at radius 2 is 1.59 bits per heavy atom. The van der Waals surface area contributed by atoms with E-state index in [1.165, 1.54) is 4.90 Å². The first-order valence-electron chi connectivity index (χ1n) is 12.5. The summed E-state index contributed by atoms with van der Waals surface area (Å²) in [5.74, 6) is -3.05. The average Bonchev–Trinajstić information content (AvgIpc) is 3.40. The number of nitrogens with zero attached hydrogens (tertiary/aromatic N) is 2. The number of amides is 2. The fourth-order valence-corrected chi connectivity index (χ4v) is 5.64. The molecule has 3 aromatic carbocycles. The Morgan fingerprint density at radius 1 is 0.946 bits per heavy atom. The van der Waals surface area contributed by atoms with Crippen molar-refractivity contribution >= 4 is 29.2 Å². The van der Waals surface area contributed by atoms with Gasteiger partial charge in [0.25, 0.3) is 0 Å². The standard InChI is InChI=1S/C30H31N3O4/c1-5-37-29(36)30(21-9-7-6-8-10-21)25-24(26(31-30)20-13-17-22(18-14-20)32(3)4)27(34)33(28(25)35)23-15-11-19(2)12-16-23/h6-18,24-26,31H,5H2,1-4H3/t24-,25-,26-,30+/m0/s1. The number of carbonyl (C=O) groups excluding carboxylic acids is 3. The number of anilines is 2. The van der Waals surface area contributed by atoms with E-state index in [4.69, 9.17) is 4.74 Å². The van der Waals surface area contributed by atoms with Gasteiger partial charge < -0.3 is 9.64 Å². The van der Waals surface area contributed by atoms with Crippen molar-refractivity contribution in [2.24, 2.45) is 11.8 Å². The molecule has 2 aliphatic heterocycles. The first-order valence-corrected chi connectivity index (χ1v) is 12.5. The summed E-state index contributed by atoms with van der Waals surface area (Å²) >= 11 is 0. The van der Waals surface area contributed by atoms with Crippen LogP contribution in [0.3, 0.4) is 0 Å². The molecule has 2 aliphatic rings. The van der Waals surface area contributed by atoms with Crippen molar-refractivity contribution < 1.29 is 19.1 Å². The molecule has 2 amide bonds. The second-order valence-electron chi connectivity index (χ2n) is 9.85. The first-order chi connectivity index (χ1) is 17.8. The van der Waals surface area contributed by atoms with Crippen LogP contribution in [0.1, 0.15) is 29.7 Å². The summed E-state index contributed by atoms with van der Waals surface area (Å²) in [6.07, 6.45) is 0. The Hall–Kier alpha value is -3.97. The Morgan fingerprint density at radius 3 is 2.19 bits per heavy atom. The zero-order valence-electron chi connectivity index (χ0n) is 21.5. The topological polar surface area (TPSA) is 79.0 Å². The van der Waals surface area contributed by atoms with Crippen LogP contribution in [0.4, 0.5) is 11.4 Å². The number of fused-ring (bicyclic) bond motifs is 1. The maximum atomic E-state index is 14.2. The highest BCUT2D eigenvalue weighted by atomic mass is 16.5. The van der Waals surface area contributed by atoms with Crippen molar-refractivity contribution in [1.82, 2.24) is 5.32 Å². The summed E-state index contributed by atoms with van der Waals surface area (Å²) in [7, 11) is 3.91. The van der Waals surface area contributed by atoms with E-state index >= 15 is 0 Å². The van der Waals surface area contributed by atoms with Crippen molar-refractivity contribution in [3.8, 4) is 0 Å². The molecule has 190 valence electrons. The van der Waals surface area contributed by atoms with Gasteiger partial charge in [-0.3, -0.25) is 14.9 Å². The number of esters is 1. The second kappa shape index (κ2) is 9.48. The van der Waals surface area contributed by atoms with Gasteiger partial charge in [0, 0.05) is 25.8 Å². The molecule has 3 aromatic rings. The number of imide groups is 1. The highest BCUT2D eigenvalue weighted by molar-refractivity contribution is 6.24. The van der Waals surface area contributed by atoms with Crippen LogP contribution in [0.15, 0.2) is 78.9 Å². The minimum Gasteiger partial charge on any atom is -0.464 e. The van der Waals surface area contributed by atoms with Crippen molar-refractivity contribution in [2.45, 2.75) is 25.4 Å². The highest BCUT2D eigenvalue weighted by Crippen LogP contribution is 2.54. The van der Waals surface area contributed by atoms with E-state index in [-0.39, 0.29) is 12.5 Å². The third kappa shape index (κ3) is 3.90. The Balaban J connectivity index is 1.70. The van der Waals surface area contributed by atoms with Crippen LogP contribution < -0.4 is 15.1 Å². The first kappa shape index (κ1) is 24.7. The van der Waals surface area contributed by atoms with Crippen molar-refractivity contribution in [1.29, 1.82) is 0 Å². The van der Waals surface area contributed by atoms with Crippen molar-refractivity contribution in [3.05, 3.63) is 95.6 Å². The molecule has 0 unspecified atom stereocenters. The second-order valence-corrected chi connectivity index (χ2v) is 9.85. The number of ether oxygens (including phenoxy) is 1. The van der Waals surface area contributed by atoms with Crippen LogP contribution in [0.2, 0.25) is 0 Å². The Labute approximate surface area is 217 Å². The molecule has 0 aromatic heterocycles. The molecular weight excluding hydrogens is 466 g/mol. The molecule has 1 N–H and O–H groups in total. The van der Waals surface area contributed by atoms with Gasteiger partial charge in [-0.05, 0) is 49.2 Å². The molecule has 0 spiro atoms. The predicted molar refractivity (Wildman–Crippen MR) is 142 cm³/mol. The van der Waals surface area contributed by atoms with Gasteiger partial charge in [0.05, 0.1) is 24.1 Å². The third-order valence-corrected chi connectivity index (χ3v) is 7.45. The van der Waals surface area contributed by atoms with Gasteiger partial charge >= 0.3 is 5.97 Å². The number of rotatable bonds is 6. The highest BCUT2D eigenvalue weighted by Gasteiger charge is 2.69. The number of carbonyl (C=O) groups is 3. The fraction of sp³-hybridized carbons (Fsp3) is 0.300. The third-order valence-electron chi connectivity index (χ3n) is 7.45. The van der Waals surface area contributed by atoms with Crippen LogP contribution in [0, 0.1) is 18.8 Å². The lowest BCUT2D eigenvalue weighted by atomic mass is 9.75. The maximum absolute atomic E-state index is 14.2. The van der Waals surface area contributed by atoms with Gasteiger partial charge in [0.2, 0.25) is 11.8 Å². The zero-order chi connectivity index (χ0) is 26.3. The summed E-state index contributed by atoms with van der Waals surface area (Å²) < 4.78 is 5.58. The van der Waals surface area contributed by atoms with Gasteiger partial charge in [0.15, 0.2) is 5.54 Å². The lowest BCUT2D eigenvalue weighted by molar-refractivity contribution is -0.155. The monoisotopic (exact) mass is 497 g/mol. The van der Waals surface area contributed by atoms with Crippen LogP contribution in [-0.4, -0.2) is 38.5 Å². The number of aryl methyl sites for hydroxylation is 1. The van der Waals surface area contributed by atoms with Gasteiger partial charge in [-0.25, -0.2) is 9.69 Å². The number of hydrogen-bond acceptors (Lipinski definition) is 6. The molecule has 7 heteroatoms. The van der Waals surface area contributed by atoms with Crippen LogP contribution in [-0.2, 0) is 24.7 Å². The minimum atomic E-state index is -1.51. The molecule has 7 nitrogen and oxygen atoms in total. The zero-order valence-corrected chi connectivity index (χ0v) is 21.5. The number of benzene rings is 3. The fourth-order valence-electron chi connectivity index (χ4n) is 5.64. The molecule has 2 fully saturated rings. The van der Waals surface area contributed by atoms with Gasteiger partial charge in [-0.15, -0.1) is 0 Å². The minimum absolute atomic E-state index is 0.151. The SMILES string of the molecule is CCOC(=O)[C@]1(c2ccccc2)N[C@@H](c2ccc(N(C)C)cc2)[C@H]2C(=O)N(c3ccc(C)cc3)C(=O)[C@H]21. The van der Waals surface area contributed by atoms with E-state index in [2.05, 4.69) is 5.32 Å². The largest absolute Gasteiger partial charge is 0.464 e. The van der Waals surface area contributed by atoms with Gasteiger partial charge in [-0.1, -0.05) is 60.2 Å². The van der Waals surface area contributed by atoms with Crippen LogP contribution in [0.5, 0.6) is 0 Å². The molecule has 0 saturated carbocycles. The smallest absolute Gasteiger partial charge is 0.331 e. The van der Waals surface area contributed by atoms with E-state index < -0.39 is 35.3 Å². The van der Waals surface area contributed by atoms with Crippen molar-refractivity contribution in [3.63, 3.8) is 0 Å². The van der Waals surface area contributed by atoms with E-state index in [1.807, 2.05) is 92.6 Å². The van der Waals surface area contributed by atoms with Crippen LogP contribution in [0.25, 0.3) is 0 Å². The summed E-state index contributed by atoms with van der Waals surface area (Å²) in [6, 6.07) is 23.7. The lowest BCUT2D eigenvalue weighted by Crippen LogP contribution is -2.54. The molecule has 0 aliphatic carbocycles. The molecular formula is C30H31N3O4. The molecule has 5 rings (SSSR count). The molecule has 2 heterocycles. The Kier molecular flexibility index (Phi) is 6.33. The van der Waals surface area contributed by atoms with E-state index in [9.17, 15) is 14.4 Å². The number of hydrogen-bond donors (Lipinski definition) is 1. The molecule has 0 bridgehead atoms. The normalized spacial score (nSPS) is 24.8. The van der Waals surface area contributed by atoms with E-state index in [0.717, 1.165) is 16.8 Å². The summed E-state index contributed by atoms with van der Waals surface area (Å²) in [6.45, 7) is 3.84. The molecule has 2 saturated heterocycles.